The smallest absolute Gasteiger partial charge is 0.262 e. The summed E-state index contributed by atoms with van der Waals surface area (Å²) in [5, 5.41) is 7.09. The highest BCUT2D eigenvalue weighted by atomic mass is 35.7. The van der Waals surface area contributed by atoms with Crippen molar-refractivity contribution in [3.8, 4) is 11.5 Å². The molecule has 0 amide bonds. The highest BCUT2D eigenvalue weighted by Gasteiger charge is 2.18. The normalized spacial score (nSPS) is 11.5. The van der Waals surface area contributed by atoms with E-state index in [-0.39, 0.29) is 10.8 Å². The summed E-state index contributed by atoms with van der Waals surface area (Å²) in [5.74, 6) is 0.120. The van der Waals surface area contributed by atoms with Gasteiger partial charge in [0.2, 0.25) is 12.3 Å². The molecule has 2 aromatic rings. The predicted molar refractivity (Wildman–Crippen MR) is 52.8 cm³/mol. The van der Waals surface area contributed by atoms with E-state index in [0.29, 0.717) is 5.56 Å². The maximum absolute atomic E-state index is 11.2. The number of nitrogens with zero attached hydrogens (tertiary/aromatic N) is 2. The minimum atomic E-state index is -3.82. The Morgan fingerprint density at radius 3 is 2.60 bits per heavy atom. The highest BCUT2D eigenvalue weighted by Crippen LogP contribution is 2.27. The van der Waals surface area contributed by atoms with Gasteiger partial charge in [-0.3, -0.25) is 0 Å². The zero-order valence-corrected chi connectivity index (χ0v) is 8.86. The Morgan fingerprint density at radius 1 is 1.27 bits per heavy atom. The first-order chi connectivity index (χ1) is 7.09. The van der Waals surface area contributed by atoms with E-state index in [4.69, 9.17) is 15.1 Å². The molecule has 0 aliphatic rings. The van der Waals surface area contributed by atoms with E-state index >= 15 is 0 Å². The molecule has 0 bridgehead atoms. The molecule has 2 rings (SSSR count). The second-order valence-electron chi connectivity index (χ2n) is 2.68. The van der Waals surface area contributed by atoms with Crippen LogP contribution in [0.1, 0.15) is 0 Å². The zero-order chi connectivity index (χ0) is 10.9. The van der Waals surface area contributed by atoms with Crippen molar-refractivity contribution in [2.75, 3.05) is 0 Å². The summed E-state index contributed by atoms with van der Waals surface area (Å²) >= 11 is 0. The Labute approximate surface area is 90.1 Å². The van der Waals surface area contributed by atoms with Crippen molar-refractivity contribution in [2.45, 2.75) is 4.90 Å². The van der Waals surface area contributed by atoms with Crippen LogP contribution in [0.25, 0.3) is 11.5 Å². The Balaban J connectivity index is 2.68. The summed E-state index contributed by atoms with van der Waals surface area (Å²) in [6.07, 6.45) is 1.12. The van der Waals surface area contributed by atoms with Crippen molar-refractivity contribution < 1.29 is 12.8 Å². The molecule has 0 spiro atoms. The molecular formula is C8H5ClN2O3S. The summed E-state index contributed by atoms with van der Waals surface area (Å²) in [7, 11) is 1.45. The minimum Gasteiger partial charge on any atom is -0.423 e. The second-order valence-corrected chi connectivity index (χ2v) is 5.21. The summed E-state index contributed by atoms with van der Waals surface area (Å²) in [5.41, 5.74) is 0.296. The van der Waals surface area contributed by atoms with Crippen LogP contribution in [0.4, 0.5) is 0 Å². The molecule has 7 heteroatoms. The third-order valence-corrected chi connectivity index (χ3v) is 3.12. The fourth-order valence-electron chi connectivity index (χ4n) is 1.15. The van der Waals surface area contributed by atoms with E-state index in [2.05, 4.69) is 10.2 Å². The van der Waals surface area contributed by atoms with E-state index < -0.39 is 9.05 Å². The van der Waals surface area contributed by atoms with Gasteiger partial charge in [0, 0.05) is 10.7 Å². The van der Waals surface area contributed by atoms with Crippen LogP contribution in [0.5, 0.6) is 0 Å². The molecule has 1 aromatic heterocycles. The van der Waals surface area contributed by atoms with Crippen molar-refractivity contribution in [3.05, 3.63) is 30.7 Å². The molecular weight excluding hydrogens is 240 g/mol. The SMILES string of the molecule is O=S(=O)(Cl)c1ccccc1-c1nnco1. The van der Waals surface area contributed by atoms with Crippen molar-refractivity contribution >= 4 is 19.7 Å². The zero-order valence-electron chi connectivity index (χ0n) is 7.29. The van der Waals surface area contributed by atoms with E-state index in [9.17, 15) is 8.42 Å². The Kier molecular flexibility index (Phi) is 2.45. The average Bonchev–Trinajstić information content (AvgIpc) is 2.69. The van der Waals surface area contributed by atoms with Gasteiger partial charge in [0.1, 0.15) is 0 Å². The van der Waals surface area contributed by atoms with Crippen LogP contribution in [0.2, 0.25) is 0 Å². The quantitative estimate of drug-likeness (QED) is 0.752. The topological polar surface area (TPSA) is 73.1 Å². The van der Waals surface area contributed by atoms with Crippen LogP contribution in [0, 0.1) is 0 Å². The number of aromatic nitrogens is 2. The number of hydrogen-bond donors (Lipinski definition) is 0. The first-order valence-corrected chi connectivity index (χ1v) is 6.20. The number of halogens is 1. The maximum Gasteiger partial charge on any atom is 0.262 e. The molecule has 0 saturated carbocycles. The third-order valence-electron chi connectivity index (χ3n) is 1.74. The van der Waals surface area contributed by atoms with E-state index in [1.54, 1.807) is 18.2 Å². The molecule has 0 aliphatic carbocycles. The number of rotatable bonds is 2. The van der Waals surface area contributed by atoms with Crippen molar-refractivity contribution in [1.29, 1.82) is 0 Å². The Bertz CT molecular complexity index is 565. The molecule has 0 N–H and O–H groups in total. The van der Waals surface area contributed by atoms with Gasteiger partial charge in [-0.25, -0.2) is 8.42 Å². The Hall–Kier alpha value is -1.40. The van der Waals surface area contributed by atoms with E-state index in [1.807, 2.05) is 0 Å². The fraction of sp³-hybridized carbons (Fsp3) is 0. The lowest BCUT2D eigenvalue weighted by Gasteiger charge is -2.00. The molecule has 0 aliphatic heterocycles. The molecule has 0 saturated heterocycles. The molecule has 0 radical (unpaired) electrons. The monoisotopic (exact) mass is 244 g/mol. The van der Waals surface area contributed by atoms with E-state index in [0.717, 1.165) is 6.39 Å². The van der Waals surface area contributed by atoms with Gasteiger partial charge in [-0.05, 0) is 12.1 Å². The lowest BCUT2D eigenvalue weighted by molar-refractivity contribution is 0.566. The number of benzene rings is 1. The minimum absolute atomic E-state index is 0.0454. The molecule has 0 atom stereocenters. The Morgan fingerprint density at radius 2 is 2.00 bits per heavy atom. The predicted octanol–water partition coefficient (Wildman–Crippen LogP) is 1.66. The van der Waals surface area contributed by atoms with Gasteiger partial charge < -0.3 is 4.42 Å². The highest BCUT2D eigenvalue weighted by molar-refractivity contribution is 8.13. The van der Waals surface area contributed by atoms with Crippen LogP contribution in [0.15, 0.2) is 40.0 Å². The van der Waals surface area contributed by atoms with Gasteiger partial charge in [0.05, 0.1) is 10.5 Å². The lowest BCUT2D eigenvalue weighted by Crippen LogP contribution is -1.94. The maximum atomic E-state index is 11.2. The molecule has 1 heterocycles. The van der Waals surface area contributed by atoms with Crippen LogP contribution < -0.4 is 0 Å². The first kappa shape index (κ1) is 10.1. The molecule has 15 heavy (non-hydrogen) atoms. The first-order valence-electron chi connectivity index (χ1n) is 3.89. The summed E-state index contributed by atoms with van der Waals surface area (Å²) in [6, 6.07) is 6.14. The summed E-state index contributed by atoms with van der Waals surface area (Å²) in [6.45, 7) is 0. The van der Waals surface area contributed by atoms with E-state index in [1.165, 1.54) is 6.07 Å². The van der Waals surface area contributed by atoms with Crippen LogP contribution in [-0.2, 0) is 9.05 Å². The van der Waals surface area contributed by atoms with Gasteiger partial charge in [0.25, 0.3) is 9.05 Å². The standard InChI is InChI=1S/C8H5ClN2O3S/c9-15(12,13)7-4-2-1-3-6(7)8-11-10-5-14-8/h1-5H. The molecule has 5 nitrogen and oxygen atoms in total. The van der Waals surface area contributed by atoms with Gasteiger partial charge in [-0.15, -0.1) is 10.2 Å². The largest absolute Gasteiger partial charge is 0.423 e. The average molecular weight is 245 g/mol. The van der Waals surface area contributed by atoms with Gasteiger partial charge in [-0.1, -0.05) is 12.1 Å². The molecule has 78 valence electrons. The van der Waals surface area contributed by atoms with Crippen LogP contribution >= 0.6 is 10.7 Å². The van der Waals surface area contributed by atoms with Crippen molar-refractivity contribution in [3.63, 3.8) is 0 Å². The summed E-state index contributed by atoms with van der Waals surface area (Å²) in [4.78, 5) is -0.0454. The van der Waals surface area contributed by atoms with Gasteiger partial charge in [-0.2, -0.15) is 0 Å². The molecule has 0 fully saturated rings. The van der Waals surface area contributed by atoms with Gasteiger partial charge in [0.15, 0.2) is 0 Å². The lowest BCUT2D eigenvalue weighted by atomic mass is 10.2. The van der Waals surface area contributed by atoms with Crippen molar-refractivity contribution in [2.24, 2.45) is 0 Å². The van der Waals surface area contributed by atoms with Crippen LogP contribution in [-0.4, -0.2) is 18.6 Å². The summed E-state index contributed by atoms with van der Waals surface area (Å²) < 4.78 is 27.4. The molecule has 1 aromatic carbocycles. The van der Waals surface area contributed by atoms with Crippen molar-refractivity contribution in [1.82, 2.24) is 10.2 Å². The third kappa shape index (κ3) is 2.00. The number of hydrogen-bond acceptors (Lipinski definition) is 5. The fourth-order valence-corrected chi connectivity index (χ4v) is 2.21. The molecule has 0 unspecified atom stereocenters. The van der Waals surface area contributed by atoms with Gasteiger partial charge >= 0.3 is 0 Å². The van der Waals surface area contributed by atoms with Crippen LogP contribution in [0.3, 0.4) is 0 Å². The second kappa shape index (κ2) is 3.63.